The van der Waals surface area contributed by atoms with Crippen LogP contribution in [0.4, 0.5) is 11.4 Å². The minimum absolute atomic E-state index is 0.249. The molecule has 1 amide bonds. The molecule has 0 atom stereocenters. The lowest BCUT2D eigenvalue weighted by Crippen LogP contribution is -2.19. The second-order valence-corrected chi connectivity index (χ2v) is 7.47. The van der Waals surface area contributed by atoms with E-state index in [2.05, 4.69) is 35.7 Å². The summed E-state index contributed by atoms with van der Waals surface area (Å²) >= 11 is 0. The number of benzene rings is 1. The van der Waals surface area contributed by atoms with Gasteiger partial charge in [-0.05, 0) is 25.0 Å². The number of ether oxygens (including phenoxy) is 1. The zero-order valence-corrected chi connectivity index (χ0v) is 17.4. The molecular formula is C21H22N8O2. The smallest absolute Gasteiger partial charge is 0.254 e. The van der Waals surface area contributed by atoms with Gasteiger partial charge in [0.25, 0.3) is 5.91 Å². The lowest BCUT2D eigenvalue weighted by atomic mass is 10.1. The van der Waals surface area contributed by atoms with Gasteiger partial charge < -0.3 is 20.4 Å². The molecule has 1 aromatic carbocycles. The van der Waals surface area contributed by atoms with Gasteiger partial charge in [0.15, 0.2) is 17.2 Å². The summed E-state index contributed by atoms with van der Waals surface area (Å²) in [7, 11) is 4.99. The minimum Gasteiger partial charge on any atom is -0.494 e. The molecule has 1 saturated carbocycles. The number of imidazole rings is 1. The number of pyridine rings is 1. The van der Waals surface area contributed by atoms with E-state index in [1.807, 2.05) is 25.2 Å². The number of amides is 1. The van der Waals surface area contributed by atoms with Crippen LogP contribution in [0.15, 0.2) is 30.7 Å². The third-order valence-electron chi connectivity index (χ3n) is 5.29. The Labute approximate surface area is 178 Å². The molecule has 0 spiro atoms. The Hall–Kier alpha value is -3.95. The van der Waals surface area contributed by atoms with E-state index in [1.54, 1.807) is 25.2 Å². The molecule has 5 rings (SSSR count). The van der Waals surface area contributed by atoms with Crippen molar-refractivity contribution in [3.05, 3.63) is 42.1 Å². The number of nitrogens with zero attached hydrogens (tertiary/aromatic N) is 5. The van der Waals surface area contributed by atoms with Gasteiger partial charge in [-0.1, -0.05) is 6.07 Å². The van der Waals surface area contributed by atoms with Gasteiger partial charge in [-0.3, -0.25) is 9.48 Å². The first kappa shape index (κ1) is 19.0. The number of hydrogen-bond acceptors (Lipinski definition) is 7. The number of carbonyl (C=O) groups is 1. The Morgan fingerprint density at radius 3 is 2.81 bits per heavy atom. The van der Waals surface area contributed by atoms with Crippen molar-refractivity contribution in [3.63, 3.8) is 0 Å². The summed E-state index contributed by atoms with van der Waals surface area (Å²) in [6.07, 6.45) is 5.39. The van der Waals surface area contributed by atoms with Gasteiger partial charge in [0.2, 0.25) is 0 Å². The van der Waals surface area contributed by atoms with Gasteiger partial charge >= 0.3 is 0 Å². The van der Waals surface area contributed by atoms with E-state index in [4.69, 9.17) is 4.74 Å². The Morgan fingerprint density at radius 2 is 2.13 bits per heavy atom. The SMILES string of the molecule is CNC(=O)c1cnc2nc(C3CC3)[nH]c2c1Nc1cccc(-c2ncn(C)n2)c1OC. The summed E-state index contributed by atoms with van der Waals surface area (Å²) in [6.45, 7) is 0. The van der Waals surface area contributed by atoms with Crippen LogP contribution in [0.2, 0.25) is 0 Å². The number of aromatic nitrogens is 6. The molecule has 10 heteroatoms. The molecule has 4 aromatic rings. The molecule has 10 nitrogen and oxygen atoms in total. The van der Waals surface area contributed by atoms with Crippen LogP contribution in [0, 0.1) is 0 Å². The first-order chi connectivity index (χ1) is 15.1. The highest BCUT2D eigenvalue weighted by molar-refractivity contribution is 6.06. The molecule has 3 aromatic heterocycles. The average molecular weight is 418 g/mol. The van der Waals surface area contributed by atoms with Crippen molar-refractivity contribution in [2.75, 3.05) is 19.5 Å². The average Bonchev–Trinajstić information content (AvgIpc) is 3.40. The van der Waals surface area contributed by atoms with Crippen molar-refractivity contribution >= 4 is 28.4 Å². The number of rotatable bonds is 6. The van der Waals surface area contributed by atoms with Gasteiger partial charge in [0.05, 0.1) is 29.6 Å². The van der Waals surface area contributed by atoms with Crippen molar-refractivity contribution in [1.29, 1.82) is 0 Å². The molecule has 0 saturated heterocycles. The first-order valence-corrected chi connectivity index (χ1v) is 9.99. The number of nitrogens with one attached hydrogen (secondary N) is 3. The predicted octanol–water partition coefficient (Wildman–Crippen LogP) is 2.74. The van der Waals surface area contributed by atoms with Crippen LogP contribution in [0.3, 0.4) is 0 Å². The maximum atomic E-state index is 12.6. The van der Waals surface area contributed by atoms with Gasteiger partial charge in [0, 0.05) is 26.2 Å². The zero-order chi connectivity index (χ0) is 21.5. The first-order valence-electron chi connectivity index (χ1n) is 9.99. The van der Waals surface area contributed by atoms with Crippen LogP contribution in [0.1, 0.15) is 34.9 Å². The van der Waals surface area contributed by atoms with E-state index < -0.39 is 0 Å². The van der Waals surface area contributed by atoms with Crippen molar-refractivity contribution < 1.29 is 9.53 Å². The van der Waals surface area contributed by atoms with Gasteiger partial charge in [0.1, 0.15) is 17.7 Å². The summed E-state index contributed by atoms with van der Waals surface area (Å²) in [4.78, 5) is 29.3. The second kappa shape index (κ2) is 7.38. The Balaban J connectivity index is 1.65. The molecule has 0 radical (unpaired) electrons. The fourth-order valence-corrected chi connectivity index (χ4v) is 3.59. The summed E-state index contributed by atoms with van der Waals surface area (Å²) < 4.78 is 7.34. The van der Waals surface area contributed by atoms with Gasteiger partial charge in [-0.2, -0.15) is 5.10 Å². The topological polar surface area (TPSA) is 123 Å². The van der Waals surface area contributed by atoms with Crippen LogP contribution < -0.4 is 15.4 Å². The van der Waals surface area contributed by atoms with E-state index >= 15 is 0 Å². The number of methoxy groups -OCH3 is 1. The highest BCUT2D eigenvalue weighted by atomic mass is 16.5. The van der Waals surface area contributed by atoms with Crippen molar-refractivity contribution in [2.45, 2.75) is 18.8 Å². The van der Waals surface area contributed by atoms with Crippen molar-refractivity contribution in [1.82, 2.24) is 35.0 Å². The molecule has 158 valence electrons. The number of H-pyrrole nitrogens is 1. The van der Waals surface area contributed by atoms with E-state index in [-0.39, 0.29) is 5.91 Å². The Kier molecular flexibility index (Phi) is 4.54. The Morgan fingerprint density at radius 1 is 1.29 bits per heavy atom. The summed E-state index contributed by atoms with van der Waals surface area (Å²) in [6, 6.07) is 5.66. The molecule has 1 aliphatic rings. The summed E-state index contributed by atoms with van der Waals surface area (Å²) in [5, 5.41) is 10.4. The van der Waals surface area contributed by atoms with Crippen LogP contribution in [0.5, 0.6) is 5.75 Å². The van der Waals surface area contributed by atoms with Crippen molar-refractivity contribution in [2.24, 2.45) is 7.05 Å². The van der Waals surface area contributed by atoms with Crippen LogP contribution in [0.25, 0.3) is 22.6 Å². The number of aromatic amines is 1. The quantitative estimate of drug-likeness (QED) is 0.440. The molecule has 0 aliphatic heterocycles. The molecular weight excluding hydrogens is 396 g/mol. The maximum absolute atomic E-state index is 12.6. The summed E-state index contributed by atoms with van der Waals surface area (Å²) in [5.41, 5.74) is 3.67. The number of aryl methyl sites for hydroxylation is 1. The standard InChI is InChI=1S/C21H22N8O2/c1-22-21(30)13-9-23-20-16(26-18(27-20)11-7-8-11)15(13)25-14-6-4-5-12(17(14)31-3)19-24-10-29(2)28-19/h4-6,9-11H,7-8H2,1-3H3,(H,22,30)(H2,23,25,26,27). The third-order valence-corrected chi connectivity index (χ3v) is 5.29. The molecule has 3 heterocycles. The molecule has 3 N–H and O–H groups in total. The molecule has 0 bridgehead atoms. The monoisotopic (exact) mass is 418 g/mol. The van der Waals surface area contributed by atoms with E-state index in [0.29, 0.717) is 45.6 Å². The van der Waals surface area contributed by atoms with Crippen molar-refractivity contribution in [3.8, 4) is 17.1 Å². The fraction of sp³-hybridized carbons (Fsp3) is 0.286. The number of anilines is 2. The fourth-order valence-electron chi connectivity index (χ4n) is 3.59. The molecule has 31 heavy (non-hydrogen) atoms. The number of carbonyl (C=O) groups excluding carboxylic acids is 1. The van der Waals surface area contributed by atoms with Crippen LogP contribution >= 0.6 is 0 Å². The number of para-hydroxylation sites is 1. The van der Waals surface area contributed by atoms with Gasteiger partial charge in [-0.25, -0.2) is 15.0 Å². The molecule has 1 aliphatic carbocycles. The predicted molar refractivity (Wildman–Crippen MR) is 116 cm³/mol. The van der Waals surface area contributed by atoms with Gasteiger partial charge in [-0.15, -0.1) is 0 Å². The summed E-state index contributed by atoms with van der Waals surface area (Å²) in [5.74, 6) is 2.20. The normalized spacial score (nSPS) is 13.4. The second-order valence-electron chi connectivity index (χ2n) is 7.47. The Bertz CT molecular complexity index is 1290. The minimum atomic E-state index is -0.249. The lowest BCUT2D eigenvalue weighted by Gasteiger charge is -2.16. The highest BCUT2D eigenvalue weighted by Crippen LogP contribution is 2.41. The zero-order valence-electron chi connectivity index (χ0n) is 17.4. The van der Waals surface area contributed by atoms with E-state index in [0.717, 1.165) is 24.2 Å². The van der Waals surface area contributed by atoms with Crippen LogP contribution in [-0.4, -0.2) is 49.8 Å². The van der Waals surface area contributed by atoms with E-state index in [1.165, 1.54) is 6.20 Å². The molecule has 0 unspecified atom stereocenters. The third kappa shape index (κ3) is 3.35. The lowest BCUT2D eigenvalue weighted by molar-refractivity contribution is 0.0963. The maximum Gasteiger partial charge on any atom is 0.254 e. The largest absolute Gasteiger partial charge is 0.494 e. The van der Waals surface area contributed by atoms with Crippen LogP contribution in [-0.2, 0) is 7.05 Å². The molecule has 1 fully saturated rings. The number of fused-ring (bicyclic) bond motifs is 1. The highest BCUT2D eigenvalue weighted by Gasteiger charge is 2.28. The van der Waals surface area contributed by atoms with E-state index in [9.17, 15) is 4.79 Å². The number of hydrogen-bond donors (Lipinski definition) is 3.